The Morgan fingerprint density at radius 2 is 1.76 bits per heavy atom. The van der Waals surface area contributed by atoms with E-state index in [1.54, 1.807) is 7.11 Å². The molecule has 4 rings (SSSR count). The summed E-state index contributed by atoms with van der Waals surface area (Å²) >= 11 is 0. The van der Waals surface area contributed by atoms with Gasteiger partial charge in [-0.2, -0.15) is 0 Å². The van der Waals surface area contributed by atoms with Gasteiger partial charge in [-0.1, -0.05) is 6.07 Å². The van der Waals surface area contributed by atoms with Gasteiger partial charge in [0.15, 0.2) is 0 Å². The lowest BCUT2D eigenvalue weighted by molar-refractivity contribution is 0.0950. The smallest absolute Gasteiger partial charge is 0.253 e. The van der Waals surface area contributed by atoms with Crippen molar-refractivity contribution in [1.29, 1.82) is 0 Å². The number of carbonyl (C=O) groups is 1. The molecule has 1 saturated carbocycles. The average molecular weight is 574 g/mol. The summed E-state index contributed by atoms with van der Waals surface area (Å²) < 4.78 is 5.29. The van der Waals surface area contributed by atoms with E-state index in [0.717, 1.165) is 84.7 Å². The van der Waals surface area contributed by atoms with Crippen LogP contribution in [0.3, 0.4) is 0 Å². The van der Waals surface area contributed by atoms with Crippen LogP contribution in [-0.2, 0) is 11.3 Å². The molecule has 0 radical (unpaired) electrons. The van der Waals surface area contributed by atoms with E-state index in [2.05, 4.69) is 51.2 Å². The maximum absolute atomic E-state index is 13.7. The SMILES string of the molecule is CCN(c1cc(-c2ccc(C)nc2)cc(C(=O)NCc2c(C)cc(C)[nH]c2=O)c1C)C1CCC(N(C)CCOC)CC1. The Bertz CT molecular complexity index is 1420. The predicted octanol–water partition coefficient (Wildman–Crippen LogP) is 5.32. The van der Waals surface area contributed by atoms with Gasteiger partial charge in [0, 0.05) is 78.8 Å². The van der Waals surface area contributed by atoms with Crippen molar-refractivity contribution in [3.63, 3.8) is 0 Å². The van der Waals surface area contributed by atoms with Gasteiger partial charge in [-0.15, -0.1) is 0 Å². The van der Waals surface area contributed by atoms with E-state index in [1.165, 1.54) is 0 Å². The highest BCUT2D eigenvalue weighted by molar-refractivity contribution is 5.99. The Morgan fingerprint density at radius 1 is 1.05 bits per heavy atom. The zero-order chi connectivity index (χ0) is 30.4. The highest BCUT2D eigenvalue weighted by Crippen LogP contribution is 2.35. The van der Waals surface area contributed by atoms with Crippen LogP contribution in [0.1, 0.15) is 71.0 Å². The van der Waals surface area contributed by atoms with E-state index in [-0.39, 0.29) is 18.0 Å². The van der Waals surface area contributed by atoms with Gasteiger partial charge in [0.25, 0.3) is 11.5 Å². The second kappa shape index (κ2) is 14.1. The van der Waals surface area contributed by atoms with Crippen LogP contribution >= 0.6 is 0 Å². The standard InChI is InChI=1S/C34H47N5O3/c1-8-39(29-13-11-28(12-14-29)38(6)15-16-42-7)32-19-27(26-10-9-23(3)35-20-26)18-30(25(32)5)33(40)36-21-31-22(2)17-24(4)37-34(31)41/h9-10,17-20,28-29H,8,11-16,21H2,1-7H3,(H,36,40)(H,37,41). The van der Waals surface area contributed by atoms with Crippen molar-refractivity contribution < 1.29 is 9.53 Å². The average Bonchev–Trinajstić information content (AvgIpc) is 2.97. The minimum atomic E-state index is -0.186. The summed E-state index contributed by atoms with van der Waals surface area (Å²) in [5, 5.41) is 3.03. The van der Waals surface area contributed by atoms with Gasteiger partial charge in [-0.05, 0) is 108 Å². The lowest BCUT2D eigenvalue weighted by Crippen LogP contribution is -2.44. The second-order valence-electron chi connectivity index (χ2n) is 11.7. The lowest BCUT2D eigenvalue weighted by atomic mass is 9.88. The van der Waals surface area contributed by atoms with E-state index in [9.17, 15) is 9.59 Å². The van der Waals surface area contributed by atoms with Gasteiger partial charge in [0.1, 0.15) is 0 Å². The molecule has 226 valence electrons. The number of ether oxygens (including phenoxy) is 1. The first-order valence-electron chi connectivity index (χ1n) is 15.1. The minimum Gasteiger partial charge on any atom is -0.383 e. The number of hydrogen-bond acceptors (Lipinski definition) is 6. The van der Waals surface area contributed by atoms with E-state index < -0.39 is 0 Å². The monoisotopic (exact) mass is 573 g/mol. The molecule has 1 aliphatic rings. The van der Waals surface area contributed by atoms with Crippen molar-refractivity contribution in [1.82, 2.24) is 20.2 Å². The zero-order valence-electron chi connectivity index (χ0n) is 26.3. The molecule has 8 heteroatoms. The topological polar surface area (TPSA) is 90.6 Å². The Kier molecular flexibility index (Phi) is 10.6. The molecule has 2 heterocycles. The molecule has 1 fully saturated rings. The summed E-state index contributed by atoms with van der Waals surface area (Å²) in [6.45, 7) is 12.7. The number of pyridine rings is 2. The number of methoxy groups -OCH3 is 1. The fourth-order valence-corrected chi connectivity index (χ4v) is 6.26. The van der Waals surface area contributed by atoms with Crippen LogP contribution in [0.4, 0.5) is 5.69 Å². The van der Waals surface area contributed by atoms with Gasteiger partial charge in [0.2, 0.25) is 0 Å². The first-order valence-corrected chi connectivity index (χ1v) is 15.1. The van der Waals surface area contributed by atoms with E-state index >= 15 is 0 Å². The van der Waals surface area contributed by atoms with E-state index in [1.807, 2.05) is 52.1 Å². The Labute approximate surface area is 250 Å². The quantitative estimate of drug-likeness (QED) is 0.323. The Hall–Kier alpha value is -3.49. The summed E-state index contributed by atoms with van der Waals surface area (Å²) in [6, 6.07) is 11.1. The van der Waals surface area contributed by atoms with Crippen LogP contribution in [0.15, 0.2) is 41.3 Å². The third-order valence-corrected chi connectivity index (χ3v) is 8.82. The number of amides is 1. The van der Waals surface area contributed by atoms with Gasteiger partial charge >= 0.3 is 0 Å². The number of likely N-dealkylation sites (N-methyl/N-ethyl adjacent to an activating group) is 1. The molecule has 8 nitrogen and oxygen atoms in total. The van der Waals surface area contributed by atoms with Crippen LogP contribution in [0.25, 0.3) is 11.1 Å². The van der Waals surface area contributed by atoms with Crippen LogP contribution in [0.2, 0.25) is 0 Å². The third kappa shape index (κ3) is 7.28. The molecule has 42 heavy (non-hydrogen) atoms. The number of carbonyl (C=O) groups excluding carboxylic acids is 1. The lowest BCUT2D eigenvalue weighted by Gasteiger charge is -2.41. The summed E-state index contributed by atoms with van der Waals surface area (Å²) in [5.74, 6) is -0.186. The van der Waals surface area contributed by atoms with Crippen molar-refractivity contribution >= 4 is 11.6 Å². The number of benzene rings is 1. The minimum absolute atomic E-state index is 0.162. The fraction of sp³-hybridized carbons (Fsp3) is 0.500. The molecule has 0 saturated heterocycles. The number of aromatic amines is 1. The number of aryl methyl sites for hydroxylation is 3. The maximum atomic E-state index is 13.7. The number of nitrogens with one attached hydrogen (secondary N) is 2. The Balaban J connectivity index is 1.64. The maximum Gasteiger partial charge on any atom is 0.253 e. The van der Waals surface area contributed by atoms with Crippen LogP contribution < -0.4 is 15.8 Å². The molecule has 1 aliphatic carbocycles. The normalized spacial score (nSPS) is 17.0. The largest absolute Gasteiger partial charge is 0.383 e. The number of H-pyrrole nitrogens is 1. The molecule has 1 amide bonds. The molecule has 2 N–H and O–H groups in total. The van der Waals surface area contributed by atoms with Gasteiger partial charge in [-0.25, -0.2) is 0 Å². The van der Waals surface area contributed by atoms with Crippen molar-refractivity contribution in [3.05, 3.63) is 80.5 Å². The summed E-state index contributed by atoms with van der Waals surface area (Å²) in [5.41, 5.74) is 7.63. The fourth-order valence-electron chi connectivity index (χ4n) is 6.26. The molecule has 0 atom stereocenters. The van der Waals surface area contributed by atoms with Crippen LogP contribution in [0, 0.1) is 27.7 Å². The van der Waals surface area contributed by atoms with Crippen molar-refractivity contribution in [2.24, 2.45) is 0 Å². The summed E-state index contributed by atoms with van der Waals surface area (Å²) in [4.78, 5) is 38.6. The molecule has 2 aromatic heterocycles. The van der Waals surface area contributed by atoms with Crippen LogP contribution in [0.5, 0.6) is 0 Å². The number of hydrogen-bond donors (Lipinski definition) is 2. The number of anilines is 1. The number of nitrogens with zero attached hydrogens (tertiary/aromatic N) is 3. The van der Waals surface area contributed by atoms with Crippen molar-refractivity contribution in [2.75, 3.05) is 38.8 Å². The number of rotatable bonds is 11. The summed E-state index contributed by atoms with van der Waals surface area (Å²) in [6.07, 6.45) is 6.35. The molecule has 3 aromatic rings. The predicted molar refractivity (Wildman–Crippen MR) is 170 cm³/mol. The Morgan fingerprint density at radius 3 is 2.38 bits per heavy atom. The van der Waals surface area contributed by atoms with E-state index in [4.69, 9.17) is 4.74 Å². The molecular formula is C34H47N5O3. The van der Waals surface area contributed by atoms with E-state index in [0.29, 0.717) is 23.2 Å². The number of aromatic nitrogens is 2. The van der Waals surface area contributed by atoms with Crippen molar-refractivity contribution in [3.8, 4) is 11.1 Å². The van der Waals surface area contributed by atoms with Gasteiger partial charge in [-0.3, -0.25) is 14.6 Å². The third-order valence-electron chi connectivity index (χ3n) is 8.82. The van der Waals surface area contributed by atoms with Crippen LogP contribution in [-0.4, -0.2) is 66.7 Å². The molecular weight excluding hydrogens is 526 g/mol. The summed E-state index contributed by atoms with van der Waals surface area (Å²) in [7, 11) is 3.95. The second-order valence-corrected chi connectivity index (χ2v) is 11.7. The molecule has 1 aromatic carbocycles. The zero-order valence-corrected chi connectivity index (χ0v) is 26.3. The first-order chi connectivity index (χ1) is 20.1. The van der Waals surface area contributed by atoms with Gasteiger partial charge < -0.3 is 24.8 Å². The van der Waals surface area contributed by atoms with Gasteiger partial charge in [0.05, 0.1) is 6.61 Å². The molecule has 0 unspecified atom stereocenters. The molecule has 0 spiro atoms. The highest BCUT2D eigenvalue weighted by atomic mass is 16.5. The molecule has 0 aliphatic heterocycles. The highest BCUT2D eigenvalue weighted by Gasteiger charge is 2.29. The molecule has 0 bridgehead atoms. The van der Waals surface area contributed by atoms with Crippen molar-refractivity contribution in [2.45, 2.75) is 78.9 Å². The first kappa shape index (κ1) is 31.4.